The summed E-state index contributed by atoms with van der Waals surface area (Å²) < 4.78 is 16.8. The van der Waals surface area contributed by atoms with Crippen LogP contribution in [-0.4, -0.2) is 18.8 Å². The van der Waals surface area contributed by atoms with Gasteiger partial charge in [0.1, 0.15) is 0 Å². The van der Waals surface area contributed by atoms with Gasteiger partial charge in [-0.15, -0.1) is 0 Å². The van der Waals surface area contributed by atoms with E-state index in [1.54, 1.807) is 45.7 Å². The van der Waals surface area contributed by atoms with Crippen LogP contribution in [0.2, 0.25) is 0 Å². The molecule has 0 aliphatic heterocycles. The summed E-state index contributed by atoms with van der Waals surface area (Å²) in [6.45, 7) is 0. The number of methoxy groups -OCH3 is 2. The van der Waals surface area contributed by atoms with Crippen molar-refractivity contribution < 1.29 is 13.9 Å². The number of ether oxygens (including phenoxy) is 2. The van der Waals surface area contributed by atoms with Crippen molar-refractivity contribution in [3.63, 3.8) is 0 Å². The summed E-state index contributed by atoms with van der Waals surface area (Å²) in [5, 5.41) is 0. The van der Waals surface area contributed by atoms with Crippen LogP contribution in [0.4, 0.5) is 0 Å². The van der Waals surface area contributed by atoms with Gasteiger partial charge in [-0.05, 0) is 18.2 Å². The van der Waals surface area contributed by atoms with Crippen molar-refractivity contribution in [2.24, 2.45) is 7.05 Å². The molecule has 0 aliphatic rings. The first-order valence-corrected chi connectivity index (χ1v) is 5.04. The fraction of sp³-hybridized carbons (Fsp3) is 0.250. The van der Waals surface area contributed by atoms with E-state index in [4.69, 9.17) is 13.9 Å². The molecule has 5 nitrogen and oxygen atoms in total. The molecule has 0 atom stereocenters. The Morgan fingerprint density at radius 3 is 2.41 bits per heavy atom. The lowest BCUT2D eigenvalue weighted by Gasteiger charge is -2.07. The quantitative estimate of drug-likeness (QED) is 0.811. The number of hydrogen-bond acceptors (Lipinski definition) is 4. The molecule has 1 aromatic carbocycles. The van der Waals surface area contributed by atoms with Crippen molar-refractivity contribution >= 4 is 0 Å². The van der Waals surface area contributed by atoms with E-state index in [-0.39, 0.29) is 0 Å². The molecule has 0 fully saturated rings. The Labute approximate surface area is 98.2 Å². The molecule has 0 aliphatic carbocycles. The molecule has 0 saturated heterocycles. The molecule has 0 bridgehead atoms. The Balaban J connectivity index is 2.49. The Bertz CT molecular complexity index is 582. The normalized spacial score (nSPS) is 10.3. The van der Waals surface area contributed by atoms with Crippen molar-refractivity contribution in [2.75, 3.05) is 14.2 Å². The highest BCUT2D eigenvalue weighted by Gasteiger charge is 2.10. The number of hydrogen-bond donors (Lipinski definition) is 0. The Morgan fingerprint density at radius 2 is 1.88 bits per heavy atom. The number of oxazole rings is 1. The second kappa shape index (κ2) is 4.37. The van der Waals surface area contributed by atoms with Crippen LogP contribution >= 0.6 is 0 Å². The van der Waals surface area contributed by atoms with Crippen molar-refractivity contribution in [3.8, 4) is 22.8 Å². The van der Waals surface area contributed by atoms with E-state index in [2.05, 4.69) is 0 Å². The molecular formula is C12H13NO4. The predicted octanol–water partition coefficient (Wildman–Crippen LogP) is 1.66. The average Bonchev–Trinajstić information content (AvgIpc) is 2.68. The Morgan fingerprint density at radius 1 is 1.18 bits per heavy atom. The fourth-order valence-corrected chi connectivity index (χ4v) is 1.54. The number of benzene rings is 1. The van der Waals surface area contributed by atoms with E-state index in [1.165, 1.54) is 4.57 Å². The van der Waals surface area contributed by atoms with E-state index in [0.29, 0.717) is 17.3 Å². The molecule has 5 heteroatoms. The summed E-state index contributed by atoms with van der Waals surface area (Å²) in [5.41, 5.74) is 0.764. The predicted molar refractivity (Wildman–Crippen MR) is 62.5 cm³/mol. The number of rotatable bonds is 3. The highest BCUT2D eigenvalue weighted by atomic mass is 16.5. The summed E-state index contributed by atoms with van der Waals surface area (Å²) in [4.78, 5) is 11.2. The second-order valence-corrected chi connectivity index (χ2v) is 3.54. The van der Waals surface area contributed by atoms with Gasteiger partial charge >= 0.3 is 5.76 Å². The lowest BCUT2D eigenvalue weighted by atomic mass is 10.1. The third-order valence-corrected chi connectivity index (χ3v) is 2.46. The lowest BCUT2D eigenvalue weighted by Crippen LogP contribution is -2.06. The molecule has 0 unspecified atom stereocenters. The molecule has 0 saturated carbocycles. The van der Waals surface area contributed by atoms with Gasteiger partial charge in [-0.1, -0.05) is 0 Å². The minimum atomic E-state index is -0.394. The summed E-state index contributed by atoms with van der Waals surface area (Å²) in [6.07, 6.45) is 1.63. The van der Waals surface area contributed by atoms with Crippen LogP contribution in [0.3, 0.4) is 0 Å². The monoisotopic (exact) mass is 235 g/mol. The van der Waals surface area contributed by atoms with Gasteiger partial charge in [0.2, 0.25) is 0 Å². The summed E-state index contributed by atoms with van der Waals surface area (Å²) in [7, 11) is 4.76. The summed E-state index contributed by atoms with van der Waals surface area (Å²) >= 11 is 0. The first-order valence-electron chi connectivity index (χ1n) is 5.04. The maximum atomic E-state index is 11.2. The van der Waals surface area contributed by atoms with E-state index < -0.39 is 5.76 Å². The standard InChI is InChI=1S/C12H13NO4/c1-13-7-11(17-12(13)14)8-4-5-9(15-2)10(6-8)16-3/h4-7H,1-3H3. The SMILES string of the molecule is COc1ccc(-c2cn(C)c(=O)o2)cc1OC. The molecule has 0 amide bonds. The molecule has 0 N–H and O–H groups in total. The van der Waals surface area contributed by atoms with Gasteiger partial charge in [0.15, 0.2) is 17.3 Å². The van der Waals surface area contributed by atoms with Crippen LogP contribution in [0.5, 0.6) is 11.5 Å². The van der Waals surface area contributed by atoms with Crippen LogP contribution < -0.4 is 15.2 Å². The van der Waals surface area contributed by atoms with Crippen molar-refractivity contribution in [1.82, 2.24) is 4.57 Å². The zero-order chi connectivity index (χ0) is 12.4. The maximum absolute atomic E-state index is 11.2. The second-order valence-electron chi connectivity index (χ2n) is 3.54. The molecule has 2 rings (SSSR count). The van der Waals surface area contributed by atoms with E-state index >= 15 is 0 Å². The molecule has 1 heterocycles. The van der Waals surface area contributed by atoms with Crippen LogP contribution in [0.25, 0.3) is 11.3 Å². The highest BCUT2D eigenvalue weighted by molar-refractivity contribution is 5.61. The van der Waals surface area contributed by atoms with Crippen molar-refractivity contribution in [2.45, 2.75) is 0 Å². The minimum Gasteiger partial charge on any atom is -0.493 e. The average molecular weight is 235 g/mol. The summed E-state index contributed by atoms with van der Waals surface area (Å²) in [5.74, 6) is 1.33. The van der Waals surface area contributed by atoms with E-state index in [9.17, 15) is 4.79 Å². The zero-order valence-corrected chi connectivity index (χ0v) is 9.89. The summed E-state index contributed by atoms with van der Waals surface area (Å²) in [6, 6.07) is 5.33. The lowest BCUT2D eigenvalue weighted by molar-refractivity contribution is 0.355. The molecule has 90 valence electrons. The van der Waals surface area contributed by atoms with E-state index in [1.807, 2.05) is 0 Å². The van der Waals surface area contributed by atoms with Crippen molar-refractivity contribution in [3.05, 3.63) is 34.9 Å². The largest absolute Gasteiger partial charge is 0.493 e. The fourth-order valence-electron chi connectivity index (χ4n) is 1.54. The van der Waals surface area contributed by atoms with Gasteiger partial charge in [0, 0.05) is 12.6 Å². The van der Waals surface area contributed by atoms with Gasteiger partial charge in [0.25, 0.3) is 0 Å². The molecule has 0 spiro atoms. The van der Waals surface area contributed by atoms with Crippen LogP contribution in [0.15, 0.2) is 33.6 Å². The third kappa shape index (κ3) is 2.04. The number of aryl methyl sites for hydroxylation is 1. The molecular weight excluding hydrogens is 222 g/mol. The smallest absolute Gasteiger partial charge is 0.419 e. The Kier molecular flexibility index (Phi) is 2.91. The van der Waals surface area contributed by atoms with Crippen LogP contribution in [0, 0.1) is 0 Å². The molecule has 17 heavy (non-hydrogen) atoms. The topological polar surface area (TPSA) is 53.6 Å². The first-order chi connectivity index (χ1) is 8.15. The molecule has 0 radical (unpaired) electrons. The van der Waals surface area contributed by atoms with Gasteiger partial charge in [-0.3, -0.25) is 4.57 Å². The first kappa shape index (κ1) is 11.3. The minimum absolute atomic E-state index is 0.394. The van der Waals surface area contributed by atoms with Crippen LogP contribution in [0.1, 0.15) is 0 Å². The third-order valence-electron chi connectivity index (χ3n) is 2.46. The van der Waals surface area contributed by atoms with Gasteiger partial charge in [-0.2, -0.15) is 0 Å². The maximum Gasteiger partial charge on any atom is 0.419 e. The number of aromatic nitrogens is 1. The molecule has 1 aromatic heterocycles. The Hall–Kier alpha value is -2.17. The van der Waals surface area contributed by atoms with Gasteiger partial charge in [-0.25, -0.2) is 4.79 Å². The van der Waals surface area contributed by atoms with E-state index in [0.717, 1.165) is 5.56 Å². The van der Waals surface area contributed by atoms with Gasteiger partial charge in [0.05, 0.1) is 20.4 Å². The van der Waals surface area contributed by atoms with Crippen molar-refractivity contribution in [1.29, 1.82) is 0 Å². The van der Waals surface area contributed by atoms with Gasteiger partial charge < -0.3 is 13.9 Å². The highest BCUT2D eigenvalue weighted by Crippen LogP contribution is 2.31. The number of nitrogens with zero attached hydrogens (tertiary/aromatic N) is 1. The molecule has 2 aromatic rings. The van der Waals surface area contributed by atoms with Crippen LogP contribution in [-0.2, 0) is 7.05 Å². The zero-order valence-electron chi connectivity index (χ0n) is 9.89.